The molecule has 2 aromatic rings. The van der Waals surface area contributed by atoms with E-state index in [1.807, 2.05) is 84.8 Å². The molecule has 1 heterocycles. The number of rotatable bonds is 4. The van der Waals surface area contributed by atoms with Crippen LogP contribution in [0.5, 0.6) is 0 Å². The Kier molecular flexibility index (Phi) is 4.29. The third kappa shape index (κ3) is 3.19. The number of allylic oxidation sites excluding steroid dienone is 2. The minimum absolute atomic E-state index is 0.208. The molecule has 23 heavy (non-hydrogen) atoms. The first-order valence-corrected chi connectivity index (χ1v) is 7.64. The van der Waals surface area contributed by atoms with Gasteiger partial charge in [0, 0.05) is 24.4 Å². The first-order chi connectivity index (χ1) is 11.2. The SMILES string of the molecule is CC1=C(C(=O)O)C(c2ccccc2)C=CN1Cc1ccccc1. The quantitative estimate of drug-likeness (QED) is 0.922. The van der Waals surface area contributed by atoms with Crippen molar-refractivity contribution in [1.82, 2.24) is 4.90 Å². The highest BCUT2D eigenvalue weighted by Gasteiger charge is 2.27. The van der Waals surface area contributed by atoms with Gasteiger partial charge in [0.2, 0.25) is 0 Å². The third-order valence-corrected chi connectivity index (χ3v) is 4.17. The predicted octanol–water partition coefficient (Wildman–Crippen LogP) is 4.16. The topological polar surface area (TPSA) is 40.5 Å². The number of carbonyl (C=O) groups is 1. The zero-order valence-corrected chi connectivity index (χ0v) is 13.0. The highest BCUT2D eigenvalue weighted by molar-refractivity contribution is 5.90. The molecule has 1 N–H and O–H groups in total. The lowest BCUT2D eigenvalue weighted by Gasteiger charge is -2.30. The van der Waals surface area contributed by atoms with Gasteiger partial charge in [-0.1, -0.05) is 66.7 Å². The van der Waals surface area contributed by atoms with Gasteiger partial charge in [0.25, 0.3) is 0 Å². The van der Waals surface area contributed by atoms with Crippen molar-refractivity contribution >= 4 is 5.97 Å². The number of carboxylic acid groups (broad SMARTS) is 1. The van der Waals surface area contributed by atoms with Crippen LogP contribution in [0.25, 0.3) is 0 Å². The van der Waals surface area contributed by atoms with E-state index in [0.717, 1.165) is 16.8 Å². The van der Waals surface area contributed by atoms with Gasteiger partial charge in [-0.25, -0.2) is 4.79 Å². The van der Waals surface area contributed by atoms with E-state index in [1.54, 1.807) is 0 Å². The van der Waals surface area contributed by atoms with Crippen LogP contribution in [0.4, 0.5) is 0 Å². The maximum Gasteiger partial charge on any atom is 0.334 e. The molecule has 1 unspecified atom stereocenters. The first kappa shape index (κ1) is 15.1. The molecule has 0 bridgehead atoms. The van der Waals surface area contributed by atoms with Gasteiger partial charge < -0.3 is 10.0 Å². The molecular weight excluding hydrogens is 286 g/mol. The molecule has 0 spiro atoms. The van der Waals surface area contributed by atoms with E-state index in [2.05, 4.69) is 0 Å². The summed E-state index contributed by atoms with van der Waals surface area (Å²) in [6.45, 7) is 2.55. The van der Waals surface area contributed by atoms with Crippen LogP contribution in [0.2, 0.25) is 0 Å². The maximum absolute atomic E-state index is 11.8. The van der Waals surface area contributed by atoms with Crippen LogP contribution < -0.4 is 0 Å². The normalized spacial score (nSPS) is 17.4. The van der Waals surface area contributed by atoms with E-state index in [4.69, 9.17) is 0 Å². The van der Waals surface area contributed by atoms with Crippen LogP contribution in [0.15, 0.2) is 84.2 Å². The van der Waals surface area contributed by atoms with Crippen molar-refractivity contribution < 1.29 is 9.90 Å². The smallest absolute Gasteiger partial charge is 0.334 e. The van der Waals surface area contributed by atoms with E-state index in [-0.39, 0.29) is 5.92 Å². The summed E-state index contributed by atoms with van der Waals surface area (Å²) >= 11 is 0. The van der Waals surface area contributed by atoms with Crippen LogP contribution in [-0.2, 0) is 11.3 Å². The molecule has 116 valence electrons. The Balaban J connectivity index is 1.94. The number of hydrogen-bond acceptors (Lipinski definition) is 2. The van der Waals surface area contributed by atoms with Gasteiger partial charge in [0.15, 0.2) is 0 Å². The highest BCUT2D eigenvalue weighted by Crippen LogP contribution is 2.34. The Bertz CT molecular complexity index is 748. The number of carboxylic acids is 1. The molecule has 0 saturated carbocycles. The highest BCUT2D eigenvalue weighted by atomic mass is 16.4. The standard InChI is InChI=1S/C20H19NO2/c1-15-19(20(22)23)18(17-10-6-3-7-11-17)12-13-21(15)14-16-8-4-2-5-9-16/h2-13,18H,14H2,1H3,(H,22,23). The van der Waals surface area contributed by atoms with E-state index < -0.39 is 5.97 Å². The minimum atomic E-state index is -0.862. The lowest BCUT2D eigenvalue weighted by molar-refractivity contribution is -0.133. The van der Waals surface area contributed by atoms with E-state index in [1.165, 1.54) is 0 Å². The summed E-state index contributed by atoms with van der Waals surface area (Å²) in [5.74, 6) is -1.07. The number of hydrogen-bond donors (Lipinski definition) is 1. The lowest BCUT2D eigenvalue weighted by atomic mass is 9.87. The minimum Gasteiger partial charge on any atom is -0.478 e. The fourth-order valence-corrected chi connectivity index (χ4v) is 2.96. The van der Waals surface area contributed by atoms with Crippen molar-refractivity contribution in [3.63, 3.8) is 0 Å². The summed E-state index contributed by atoms with van der Waals surface area (Å²) in [4.78, 5) is 13.8. The molecule has 3 heteroatoms. The van der Waals surface area contributed by atoms with Gasteiger partial charge in [-0.3, -0.25) is 0 Å². The van der Waals surface area contributed by atoms with Gasteiger partial charge in [-0.15, -0.1) is 0 Å². The Morgan fingerprint density at radius 2 is 1.65 bits per heavy atom. The van der Waals surface area contributed by atoms with Gasteiger partial charge in [-0.2, -0.15) is 0 Å². The molecule has 0 amide bonds. The second-order valence-electron chi connectivity index (χ2n) is 5.65. The Morgan fingerprint density at radius 1 is 1.04 bits per heavy atom. The molecule has 1 aliphatic heterocycles. The largest absolute Gasteiger partial charge is 0.478 e. The summed E-state index contributed by atoms with van der Waals surface area (Å²) in [6, 6.07) is 19.8. The average molecular weight is 305 g/mol. The number of nitrogens with zero attached hydrogens (tertiary/aromatic N) is 1. The molecule has 1 atom stereocenters. The van der Waals surface area contributed by atoms with Crippen LogP contribution >= 0.6 is 0 Å². The second kappa shape index (κ2) is 6.53. The molecular formula is C20H19NO2. The van der Waals surface area contributed by atoms with Crippen molar-refractivity contribution in [3.8, 4) is 0 Å². The monoisotopic (exact) mass is 305 g/mol. The fourth-order valence-electron chi connectivity index (χ4n) is 2.96. The van der Waals surface area contributed by atoms with Crippen LogP contribution in [0.1, 0.15) is 24.0 Å². The van der Waals surface area contributed by atoms with Gasteiger partial charge in [-0.05, 0) is 18.1 Å². The van der Waals surface area contributed by atoms with Crippen LogP contribution in [-0.4, -0.2) is 16.0 Å². The predicted molar refractivity (Wildman–Crippen MR) is 90.6 cm³/mol. The Labute approximate surface area is 136 Å². The molecule has 1 aliphatic rings. The Hall–Kier alpha value is -2.81. The zero-order chi connectivity index (χ0) is 16.2. The van der Waals surface area contributed by atoms with Gasteiger partial charge in [0.1, 0.15) is 0 Å². The molecule has 0 saturated heterocycles. The van der Waals surface area contributed by atoms with Gasteiger partial charge in [0.05, 0.1) is 5.57 Å². The van der Waals surface area contributed by atoms with E-state index in [0.29, 0.717) is 12.1 Å². The number of benzene rings is 2. The summed E-state index contributed by atoms with van der Waals surface area (Å²) in [7, 11) is 0. The van der Waals surface area contributed by atoms with Crippen molar-refractivity contribution in [3.05, 3.63) is 95.3 Å². The molecule has 0 fully saturated rings. The molecule has 0 aliphatic carbocycles. The fraction of sp³-hybridized carbons (Fsp3) is 0.150. The first-order valence-electron chi connectivity index (χ1n) is 7.64. The average Bonchev–Trinajstić information content (AvgIpc) is 2.58. The second-order valence-corrected chi connectivity index (χ2v) is 5.65. The van der Waals surface area contributed by atoms with Crippen LogP contribution in [0, 0.1) is 0 Å². The third-order valence-electron chi connectivity index (χ3n) is 4.17. The molecule has 3 rings (SSSR count). The lowest BCUT2D eigenvalue weighted by Crippen LogP contribution is -2.25. The van der Waals surface area contributed by atoms with Crippen molar-refractivity contribution in [2.24, 2.45) is 0 Å². The molecule has 0 radical (unpaired) electrons. The Morgan fingerprint density at radius 3 is 2.26 bits per heavy atom. The summed E-state index contributed by atoms with van der Waals surface area (Å²) < 4.78 is 0. The summed E-state index contributed by atoms with van der Waals surface area (Å²) in [5, 5.41) is 9.71. The summed E-state index contributed by atoms with van der Waals surface area (Å²) in [5.41, 5.74) is 3.38. The summed E-state index contributed by atoms with van der Waals surface area (Å²) in [6.07, 6.45) is 3.96. The van der Waals surface area contributed by atoms with E-state index in [9.17, 15) is 9.90 Å². The van der Waals surface area contributed by atoms with Crippen molar-refractivity contribution in [2.75, 3.05) is 0 Å². The van der Waals surface area contributed by atoms with Crippen LogP contribution in [0.3, 0.4) is 0 Å². The van der Waals surface area contributed by atoms with Gasteiger partial charge >= 0.3 is 5.97 Å². The molecule has 2 aromatic carbocycles. The van der Waals surface area contributed by atoms with E-state index >= 15 is 0 Å². The molecule has 0 aromatic heterocycles. The van der Waals surface area contributed by atoms with Crippen molar-refractivity contribution in [1.29, 1.82) is 0 Å². The zero-order valence-electron chi connectivity index (χ0n) is 13.0. The number of aliphatic carboxylic acids is 1. The maximum atomic E-state index is 11.8. The molecule has 3 nitrogen and oxygen atoms in total. The van der Waals surface area contributed by atoms with Crippen molar-refractivity contribution in [2.45, 2.75) is 19.4 Å².